The van der Waals surface area contributed by atoms with Crippen molar-refractivity contribution in [2.45, 2.75) is 41.0 Å². The van der Waals surface area contributed by atoms with Crippen molar-refractivity contribution >= 4 is 12.0 Å². The molecular weight excluding hydrogens is 244 g/mol. The summed E-state index contributed by atoms with van der Waals surface area (Å²) in [5, 5.41) is 8.94. The first-order chi connectivity index (χ1) is 8.87. The first-order valence-electron chi connectivity index (χ1n) is 7.13. The van der Waals surface area contributed by atoms with Crippen LogP contribution in [0.1, 0.15) is 41.0 Å². The van der Waals surface area contributed by atoms with Crippen LogP contribution in [0.3, 0.4) is 0 Å². The van der Waals surface area contributed by atoms with Crippen LogP contribution in [0.15, 0.2) is 0 Å². The van der Waals surface area contributed by atoms with Gasteiger partial charge in [-0.25, -0.2) is 4.79 Å². The highest BCUT2D eigenvalue weighted by atomic mass is 16.4. The summed E-state index contributed by atoms with van der Waals surface area (Å²) in [5.41, 5.74) is 0. The predicted molar refractivity (Wildman–Crippen MR) is 76.1 cm³/mol. The molecule has 0 aliphatic carbocycles. The summed E-state index contributed by atoms with van der Waals surface area (Å²) in [4.78, 5) is 26.7. The van der Waals surface area contributed by atoms with Crippen molar-refractivity contribution in [3.8, 4) is 0 Å². The summed E-state index contributed by atoms with van der Waals surface area (Å²) in [6, 6.07) is -0.0570. The number of aliphatic carboxylic acids is 1. The molecule has 0 fully saturated rings. The van der Waals surface area contributed by atoms with E-state index in [1.165, 1.54) is 0 Å². The van der Waals surface area contributed by atoms with E-state index in [1.807, 2.05) is 13.8 Å². The second-order valence-electron chi connectivity index (χ2n) is 5.11. The van der Waals surface area contributed by atoms with Gasteiger partial charge in [-0.1, -0.05) is 27.2 Å². The van der Waals surface area contributed by atoms with Gasteiger partial charge in [0.25, 0.3) is 0 Å². The Morgan fingerprint density at radius 2 is 1.47 bits per heavy atom. The van der Waals surface area contributed by atoms with E-state index in [-0.39, 0.29) is 12.6 Å². The van der Waals surface area contributed by atoms with Crippen molar-refractivity contribution in [3.63, 3.8) is 0 Å². The predicted octanol–water partition coefficient (Wildman–Crippen LogP) is 2.52. The highest BCUT2D eigenvalue weighted by molar-refractivity contribution is 5.76. The van der Waals surface area contributed by atoms with Crippen LogP contribution in [-0.2, 0) is 4.79 Å². The average Bonchev–Trinajstić information content (AvgIpc) is 2.40. The van der Waals surface area contributed by atoms with E-state index in [0.717, 1.165) is 13.0 Å². The molecule has 0 radical (unpaired) electrons. The number of carbonyl (C=O) groups is 2. The van der Waals surface area contributed by atoms with Crippen LogP contribution in [0.5, 0.6) is 0 Å². The molecule has 0 heterocycles. The third kappa shape index (κ3) is 5.94. The van der Waals surface area contributed by atoms with Gasteiger partial charge in [-0.05, 0) is 19.8 Å². The van der Waals surface area contributed by atoms with E-state index in [0.29, 0.717) is 19.0 Å². The SMILES string of the molecule is CCC(C)CN(CC)C(=O)N(CC)CC(C)C(=O)O. The van der Waals surface area contributed by atoms with Gasteiger partial charge in [0.1, 0.15) is 0 Å². The minimum atomic E-state index is -0.865. The largest absolute Gasteiger partial charge is 0.481 e. The Kier molecular flexibility index (Phi) is 8.19. The number of rotatable bonds is 8. The Labute approximate surface area is 116 Å². The number of amides is 2. The molecule has 1 N–H and O–H groups in total. The minimum absolute atomic E-state index is 0.0570. The Hall–Kier alpha value is -1.26. The number of hydrogen-bond acceptors (Lipinski definition) is 2. The highest BCUT2D eigenvalue weighted by Crippen LogP contribution is 2.09. The van der Waals surface area contributed by atoms with Crippen LogP contribution in [0.2, 0.25) is 0 Å². The Morgan fingerprint density at radius 3 is 1.84 bits per heavy atom. The van der Waals surface area contributed by atoms with Gasteiger partial charge in [-0.15, -0.1) is 0 Å². The fraction of sp³-hybridized carbons (Fsp3) is 0.857. The van der Waals surface area contributed by atoms with E-state index in [9.17, 15) is 9.59 Å². The molecule has 0 saturated heterocycles. The van der Waals surface area contributed by atoms with Gasteiger partial charge in [0.05, 0.1) is 5.92 Å². The van der Waals surface area contributed by atoms with Gasteiger partial charge in [-0.2, -0.15) is 0 Å². The van der Waals surface area contributed by atoms with E-state index < -0.39 is 11.9 Å². The van der Waals surface area contributed by atoms with Crippen molar-refractivity contribution in [2.75, 3.05) is 26.2 Å². The molecule has 0 saturated carbocycles. The van der Waals surface area contributed by atoms with Crippen molar-refractivity contribution in [1.82, 2.24) is 9.80 Å². The maximum absolute atomic E-state index is 12.4. The van der Waals surface area contributed by atoms with Gasteiger partial charge in [0, 0.05) is 26.2 Å². The molecule has 0 aromatic rings. The minimum Gasteiger partial charge on any atom is -0.481 e. The van der Waals surface area contributed by atoms with Gasteiger partial charge < -0.3 is 14.9 Å². The number of hydrogen-bond donors (Lipinski definition) is 1. The number of carboxylic acids is 1. The molecule has 0 aliphatic heterocycles. The smallest absolute Gasteiger partial charge is 0.320 e. The van der Waals surface area contributed by atoms with Crippen LogP contribution in [0.25, 0.3) is 0 Å². The zero-order valence-corrected chi connectivity index (χ0v) is 12.8. The summed E-state index contributed by atoms with van der Waals surface area (Å²) in [6.45, 7) is 11.9. The zero-order chi connectivity index (χ0) is 15.0. The second kappa shape index (κ2) is 8.77. The molecule has 19 heavy (non-hydrogen) atoms. The first-order valence-corrected chi connectivity index (χ1v) is 7.13. The van der Waals surface area contributed by atoms with Crippen LogP contribution in [0, 0.1) is 11.8 Å². The topological polar surface area (TPSA) is 60.9 Å². The number of carboxylic acid groups (broad SMARTS) is 1. The Bertz CT molecular complexity index is 294. The number of nitrogens with zero attached hydrogens (tertiary/aromatic N) is 2. The molecule has 5 nitrogen and oxygen atoms in total. The fourth-order valence-corrected chi connectivity index (χ4v) is 1.80. The lowest BCUT2D eigenvalue weighted by atomic mass is 10.1. The van der Waals surface area contributed by atoms with Crippen LogP contribution in [0.4, 0.5) is 4.79 Å². The maximum atomic E-state index is 12.4. The lowest BCUT2D eigenvalue weighted by Crippen LogP contribution is -2.46. The molecule has 0 bridgehead atoms. The lowest BCUT2D eigenvalue weighted by Gasteiger charge is -2.31. The molecule has 112 valence electrons. The summed E-state index contributed by atoms with van der Waals surface area (Å²) >= 11 is 0. The highest BCUT2D eigenvalue weighted by Gasteiger charge is 2.23. The molecule has 0 rings (SSSR count). The molecule has 2 unspecified atom stereocenters. The van der Waals surface area contributed by atoms with Crippen LogP contribution in [-0.4, -0.2) is 53.1 Å². The average molecular weight is 272 g/mol. The van der Waals surface area contributed by atoms with Crippen LogP contribution >= 0.6 is 0 Å². The molecule has 0 aromatic heterocycles. The van der Waals surface area contributed by atoms with Gasteiger partial charge >= 0.3 is 12.0 Å². The summed E-state index contributed by atoms with van der Waals surface area (Å²) < 4.78 is 0. The fourth-order valence-electron chi connectivity index (χ4n) is 1.80. The molecule has 2 amide bonds. The van der Waals surface area contributed by atoms with E-state index in [1.54, 1.807) is 16.7 Å². The summed E-state index contributed by atoms with van der Waals surface area (Å²) in [7, 11) is 0. The van der Waals surface area contributed by atoms with Crippen molar-refractivity contribution < 1.29 is 14.7 Å². The normalized spacial score (nSPS) is 13.7. The third-order valence-electron chi connectivity index (χ3n) is 3.45. The molecule has 2 atom stereocenters. The van der Waals surface area contributed by atoms with E-state index in [2.05, 4.69) is 13.8 Å². The van der Waals surface area contributed by atoms with E-state index >= 15 is 0 Å². The second-order valence-corrected chi connectivity index (χ2v) is 5.11. The number of carbonyl (C=O) groups excluding carboxylic acids is 1. The molecule has 0 aliphatic rings. The molecule has 5 heteroatoms. The van der Waals surface area contributed by atoms with Gasteiger partial charge in [0.2, 0.25) is 0 Å². The van der Waals surface area contributed by atoms with Gasteiger partial charge in [-0.3, -0.25) is 4.79 Å². The summed E-state index contributed by atoms with van der Waals surface area (Å²) in [6.07, 6.45) is 1.03. The standard InChI is InChI=1S/C14H28N2O3/c1-6-11(4)9-15(7-2)14(19)16(8-3)10-12(5)13(17)18/h11-12H,6-10H2,1-5H3,(H,17,18). The van der Waals surface area contributed by atoms with Crippen LogP contribution < -0.4 is 0 Å². The number of urea groups is 1. The van der Waals surface area contributed by atoms with Crippen molar-refractivity contribution in [2.24, 2.45) is 11.8 Å². The van der Waals surface area contributed by atoms with E-state index in [4.69, 9.17) is 5.11 Å². The van der Waals surface area contributed by atoms with Crippen molar-refractivity contribution in [3.05, 3.63) is 0 Å². The molecule has 0 spiro atoms. The first kappa shape index (κ1) is 17.7. The molecule has 0 aromatic carbocycles. The van der Waals surface area contributed by atoms with Gasteiger partial charge in [0.15, 0.2) is 0 Å². The molecular formula is C14H28N2O3. The maximum Gasteiger partial charge on any atom is 0.320 e. The van der Waals surface area contributed by atoms with Crippen molar-refractivity contribution in [1.29, 1.82) is 0 Å². The summed E-state index contributed by atoms with van der Waals surface area (Å²) in [5.74, 6) is -0.943. The zero-order valence-electron chi connectivity index (χ0n) is 12.8. The lowest BCUT2D eigenvalue weighted by molar-refractivity contribution is -0.141. The monoisotopic (exact) mass is 272 g/mol. The third-order valence-corrected chi connectivity index (χ3v) is 3.45. The Balaban J connectivity index is 4.65. The quantitative estimate of drug-likeness (QED) is 0.738. The Morgan fingerprint density at radius 1 is 1.00 bits per heavy atom.